The number of rotatable bonds is 10. The van der Waals surface area contributed by atoms with Gasteiger partial charge < -0.3 is 42.8 Å². The van der Waals surface area contributed by atoms with Crippen LogP contribution in [0.3, 0.4) is 0 Å². The van der Waals surface area contributed by atoms with Crippen LogP contribution in [0.15, 0.2) is 35.2 Å². The zero-order valence-electron chi connectivity index (χ0n) is 37.6. The highest BCUT2D eigenvalue weighted by Gasteiger charge is 2.62. The molecule has 7 aliphatic rings. The summed E-state index contributed by atoms with van der Waals surface area (Å²) in [5.74, 6) is -1.65. The quantitative estimate of drug-likeness (QED) is 0.227. The fourth-order valence-corrected chi connectivity index (χ4v) is 13.5. The van der Waals surface area contributed by atoms with Crippen molar-refractivity contribution in [1.82, 2.24) is 4.90 Å². The third-order valence-electron chi connectivity index (χ3n) is 15.7. The maximum absolute atomic E-state index is 15.2. The van der Waals surface area contributed by atoms with E-state index in [1.54, 1.807) is 32.7 Å². The van der Waals surface area contributed by atoms with Crippen LogP contribution in [0.2, 0.25) is 0 Å². The van der Waals surface area contributed by atoms with Crippen molar-refractivity contribution >= 4 is 34.4 Å². The third-order valence-corrected chi connectivity index (χ3v) is 16.6. The van der Waals surface area contributed by atoms with Crippen LogP contribution in [0.5, 0.6) is 0 Å². The molecule has 2 saturated carbocycles. The van der Waals surface area contributed by atoms with Crippen LogP contribution in [0.1, 0.15) is 90.4 Å². The number of methoxy groups -OCH3 is 3. The molecule has 0 bridgehead atoms. The van der Waals surface area contributed by atoms with E-state index < -0.39 is 36.6 Å². The first-order chi connectivity index (χ1) is 29.4. The fraction of sp³-hybridized carbons (Fsp3) is 0.771. The van der Waals surface area contributed by atoms with Crippen molar-refractivity contribution < 1.29 is 52.3 Å². The molecule has 8 rings (SSSR count). The molecule has 0 spiro atoms. The molecule has 3 aliphatic heterocycles. The van der Waals surface area contributed by atoms with Crippen molar-refractivity contribution in [3.8, 4) is 0 Å². The molecule has 0 N–H and O–H groups in total. The topological polar surface area (TPSA) is 128 Å². The second-order valence-corrected chi connectivity index (χ2v) is 20.1. The van der Waals surface area contributed by atoms with Gasteiger partial charge in [0.2, 0.25) is 0 Å². The summed E-state index contributed by atoms with van der Waals surface area (Å²) in [7, 11) is 9.10. The Hall–Kier alpha value is -2.33. The molecule has 0 aromatic carbocycles. The van der Waals surface area contributed by atoms with Gasteiger partial charge >= 0.3 is 5.97 Å². The van der Waals surface area contributed by atoms with Gasteiger partial charge in [-0.2, -0.15) is 0 Å². The molecule has 19 atom stereocenters. The number of ether oxygens (including phenoxy) is 8. The van der Waals surface area contributed by atoms with Crippen molar-refractivity contribution in [3.63, 3.8) is 0 Å². The number of cyclic esters (lactones) is 1. The smallest absolute Gasteiger partial charge is 0.306 e. The number of esters is 1. The van der Waals surface area contributed by atoms with Crippen LogP contribution < -0.4 is 0 Å². The fourth-order valence-electron chi connectivity index (χ4n) is 12.8. The molecule has 1 aromatic rings. The Bertz CT molecular complexity index is 1780. The van der Waals surface area contributed by atoms with E-state index in [1.807, 2.05) is 31.4 Å². The molecule has 13 heteroatoms. The molecule has 0 amide bonds. The average Bonchev–Trinajstić information content (AvgIpc) is 4.05. The zero-order chi connectivity index (χ0) is 43.3. The van der Waals surface area contributed by atoms with Crippen molar-refractivity contribution in [3.05, 3.63) is 40.1 Å². The first-order valence-corrected chi connectivity index (χ1v) is 23.9. The third kappa shape index (κ3) is 8.66. The highest BCUT2D eigenvalue weighted by atomic mass is 32.1. The van der Waals surface area contributed by atoms with Gasteiger partial charge in [0.15, 0.2) is 24.1 Å². The number of carbonyl (C=O) groups excluding carboxylic acids is 3. The lowest BCUT2D eigenvalue weighted by molar-refractivity contribution is -0.314. The number of carbonyl (C=O) groups is 3. The van der Waals surface area contributed by atoms with Crippen LogP contribution in [0.4, 0.5) is 0 Å². The van der Waals surface area contributed by atoms with Gasteiger partial charge in [0.25, 0.3) is 0 Å². The van der Waals surface area contributed by atoms with E-state index in [0.717, 1.165) is 42.6 Å². The first kappa shape index (κ1) is 45.2. The Morgan fingerprint density at radius 3 is 2.21 bits per heavy atom. The predicted octanol–water partition coefficient (Wildman–Crippen LogP) is 6.89. The van der Waals surface area contributed by atoms with Crippen LogP contribution in [-0.2, 0) is 52.3 Å². The maximum atomic E-state index is 15.2. The minimum atomic E-state index is -0.682. The molecule has 5 fully saturated rings. The minimum Gasteiger partial charge on any atom is -0.462 e. The van der Waals surface area contributed by atoms with Crippen molar-refractivity contribution in [2.75, 3.05) is 35.4 Å². The minimum absolute atomic E-state index is 0.00135. The largest absolute Gasteiger partial charge is 0.462 e. The molecule has 338 valence electrons. The lowest BCUT2D eigenvalue weighted by atomic mass is 9.57. The molecular formula is C48H69NO11S. The van der Waals surface area contributed by atoms with Crippen LogP contribution in [0.25, 0.3) is 5.57 Å². The van der Waals surface area contributed by atoms with E-state index in [-0.39, 0.29) is 96.1 Å². The molecule has 61 heavy (non-hydrogen) atoms. The first-order valence-electron chi connectivity index (χ1n) is 23.0. The molecule has 1 aromatic heterocycles. The summed E-state index contributed by atoms with van der Waals surface area (Å²) in [6, 6.07) is 4.31. The molecule has 2 unspecified atom stereocenters. The van der Waals surface area contributed by atoms with Gasteiger partial charge in [-0.25, -0.2) is 0 Å². The average molecular weight is 868 g/mol. The highest BCUT2D eigenvalue weighted by molar-refractivity contribution is 7.11. The van der Waals surface area contributed by atoms with E-state index in [1.165, 1.54) is 0 Å². The summed E-state index contributed by atoms with van der Waals surface area (Å²) in [4.78, 5) is 47.4. The molecule has 3 saturated heterocycles. The summed E-state index contributed by atoms with van der Waals surface area (Å²) in [6.07, 6.45) is 7.01. The summed E-state index contributed by atoms with van der Waals surface area (Å²) in [5.41, 5.74) is 1.42. The highest BCUT2D eigenvalue weighted by Crippen LogP contribution is 2.64. The predicted molar refractivity (Wildman–Crippen MR) is 229 cm³/mol. The van der Waals surface area contributed by atoms with E-state index in [2.05, 4.69) is 45.0 Å². The van der Waals surface area contributed by atoms with Gasteiger partial charge in [-0.1, -0.05) is 32.1 Å². The Morgan fingerprint density at radius 1 is 0.820 bits per heavy atom. The van der Waals surface area contributed by atoms with E-state index >= 15 is 4.79 Å². The molecule has 0 radical (unpaired) electrons. The molecular weight excluding hydrogens is 799 g/mol. The van der Waals surface area contributed by atoms with Crippen molar-refractivity contribution in [1.29, 1.82) is 0 Å². The SMILES string of the molecule is CC[C@H]1CCC[C@H](O[C@H]2CC[C@H](N(C)C)[C@@H](C)O2)[C@@H](C)C(=O)C2=C[C@H]3[C@@H]4C[C@H](O[C@@H]5O[C@@H](C)[C@H](OC)[C@@H](OC)[C@H]5OC)C[C@H]4C4C=C(c5cccs5)C(=O)C4[C@H]3[C@@H]2CC(=O)O1. The number of fused-ring (bicyclic) bond motifs is 8. The second-order valence-electron chi connectivity index (χ2n) is 19.1. The number of likely N-dealkylation sites (N-methyl/N-ethyl adjacent to an activating group) is 1. The van der Waals surface area contributed by atoms with Crippen molar-refractivity contribution in [2.24, 2.45) is 47.3 Å². The zero-order valence-corrected chi connectivity index (χ0v) is 38.4. The van der Waals surface area contributed by atoms with Gasteiger partial charge in [0, 0.05) is 55.6 Å². The Morgan fingerprint density at radius 2 is 1.56 bits per heavy atom. The van der Waals surface area contributed by atoms with Gasteiger partial charge in [-0.05, 0) is 126 Å². The number of Topliss-reactive ketones (excluding diaryl/α,β-unsaturated/α-hetero) is 2. The van der Waals surface area contributed by atoms with E-state index in [0.29, 0.717) is 30.9 Å². The van der Waals surface area contributed by atoms with Crippen molar-refractivity contribution in [2.45, 2.75) is 153 Å². The maximum Gasteiger partial charge on any atom is 0.306 e. The van der Waals surface area contributed by atoms with E-state index in [9.17, 15) is 9.59 Å². The number of hydrogen-bond donors (Lipinski definition) is 0. The summed E-state index contributed by atoms with van der Waals surface area (Å²) in [5, 5.41) is 2.01. The lowest BCUT2D eigenvalue weighted by Gasteiger charge is -2.45. The van der Waals surface area contributed by atoms with Gasteiger partial charge in [0.05, 0.1) is 30.8 Å². The van der Waals surface area contributed by atoms with Crippen LogP contribution >= 0.6 is 11.3 Å². The lowest BCUT2D eigenvalue weighted by Crippen LogP contribution is -2.59. The standard InChI is InChI=1S/C48H69NO11S/c1-10-27-13-11-14-37(60-40-17-16-36(49(5)6)25(3)56-40)24(2)43(51)34-21-31-29-19-28(59-48-47(55-9)46(54-8)45(53-7)26(4)57-48)20-30(29)32-22-35(38-15-12-18-61-38)44(52)42(32)41(31)33(34)23-39(50)58-27/h12,15,18,21-22,24-33,36-37,40-42,45-48H,10-11,13-14,16-17,19-20,23H2,1-9H3/t24-,25-,26+,27+,28+,29-,30-,31+,32?,33-,36+,37+,40+,41-,42?,45+,46-,47-,48+/m1/s1. The Labute approximate surface area is 366 Å². The molecule has 12 nitrogen and oxygen atoms in total. The summed E-state index contributed by atoms with van der Waals surface area (Å²) < 4.78 is 50.4. The summed E-state index contributed by atoms with van der Waals surface area (Å²) >= 11 is 1.57. The van der Waals surface area contributed by atoms with Crippen LogP contribution in [0, 0.1) is 47.3 Å². The molecule has 4 heterocycles. The number of thiophene rings is 1. The number of hydrogen-bond acceptors (Lipinski definition) is 13. The Balaban J connectivity index is 1.12. The Kier molecular flexibility index (Phi) is 14.1. The van der Waals surface area contributed by atoms with Gasteiger partial charge in [0.1, 0.15) is 24.4 Å². The normalized spacial score (nSPS) is 44.3. The number of ketones is 2. The van der Waals surface area contributed by atoms with Gasteiger partial charge in [-0.3, -0.25) is 14.4 Å². The number of nitrogens with zero attached hydrogens (tertiary/aromatic N) is 1. The number of allylic oxidation sites excluding steroid dienone is 4. The van der Waals surface area contributed by atoms with E-state index in [4.69, 9.17) is 37.9 Å². The monoisotopic (exact) mass is 867 g/mol. The summed E-state index contributed by atoms with van der Waals surface area (Å²) in [6.45, 7) is 8.10. The van der Waals surface area contributed by atoms with Gasteiger partial charge in [-0.15, -0.1) is 11.3 Å². The second kappa shape index (κ2) is 19.0. The van der Waals surface area contributed by atoms with Crippen LogP contribution in [-0.4, -0.2) is 125 Å². The molecule has 4 aliphatic carbocycles.